The standard InChI is InChI=1S/C8H7I2N/c1-10-8(9)6-4-2-3-5-7(6)11-10/h2-5,11H,1H2. The molecule has 1 heterocycles. The Hall–Kier alpha value is 0.220. The summed E-state index contributed by atoms with van der Waals surface area (Å²) in [5, 5.41) is 0. The zero-order valence-corrected chi connectivity index (χ0v) is 10.1. The van der Waals surface area contributed by atoms with Gasteiger partial charge >= 0.3 is 0 Å². The Morgan fingerprint density at radius 3 is 2.82 bits per heavy atom. The first kappa shape index (κ1) is 7.85. The minimum absolute atomic E-state index is 1.19. The van der Waals surface area contributed by atoms with E-state index in [1.807, 2.05) is 0 Å². The van der Waals surface area contributed by atoms with Crippen LogP contribution in [0.2, 0.25) is 0 Å². The van der Waals surface area contributed by atoms with Gasteiger partial charge in [-0.1, -0.05) is 22.7 Å². The quantitative estimate of drug-likeness (QED) is 0.547. The monoisotopic (exact) mass is 371 g/mol. The second-order valence-corrected chi connectivity index (χ2v) is 9.09. The Morgan fingerprint density at radius 1 is 1.36 bits per heavy atom. The molecule has 1 aliphatic rings. The number of para-hydroxylation sites is 1. The average Bonchev–Trinajstić information content (AvgIpc) is 2.30. The van der Waals surface area contributed by atoms with Crippen LogP contribution in [-0.2, 0) is 0 Å². The minimum Gasteiger partial charge on any atom is -0.337 e. The molecule has 2 rings (SSSR count). The van der Waals surface area contributed by atoms with Crippen LogP contribution in [0.1, 0.15) is 5.56 Å². The van der Waals surface area contributed by atoms with Gasteiger partial charge in [-0.2, -0.15) is 0 Å². The number of benzene rings is 1. The van der Waals surface area contributed by atoms with E-state index >= 15 is 0 Å². The van der Waals surface area contributed by atoms with Crippen LogP contribution in [0.3, 0.4) is 0 Å². The zero-order valence-electron chi connectivity index (χ0n) is 5.77. The summed E-state index contributed by atoms with van der Waals surface area (Å²) >= 11 is 1.22. The predicted octanol–water partition coefficient (Wildman–Crippen LogP) is 2.88. The van der Waals surface area contributed by atoms with Crippen LogP contribution in [0.25, 0.3) is 0 Å². The number of hydrogen-bond acceptors (Lipinski definition) is 1. The molecular formula is C8H7I2N. The van der Waals surface area contributed by atoms with Crippen LogP contribution in [-0.4, -0.2) is 6.03 Å². The van der Waals surface area contributed by atoms with E-state index in [0.29, 0.717) is 0 Å². The van der Waals surface area contributed by atoms with Gasteiger partial charge in [0.15, 0.2) is 0 Å². The van der Waals surface area contributed by atoms with Crippen molar-refractivity contribution in [2.24, 2.45) is 0 Å². The Balaban J connectivity index is 2.69. The van der Waals surface area contributed by atoms with Gasteiger partial charge in [-0.05, 0) is 47.8 Å². The summed E-state index contributed by atoms with van der Waals surface area (Å²) in [6.45, 7) is 0. The third-order valence-corrected chi connectivity index (χ3v) is 8.39. The van der Waals surface area contributed by atoms with Crippen LogP contribution >= 0.6 is 41.7 Å². The summed E-state index contributed by atoms with van der Waals surface area (Å²) in [6, 6.07) is 8.42. The molecule has 0 amide bonds. The molecule has 0 aliphatic carbocycles. The van der Waals surface area contributed by atoms with Crippen LogP contribution < -0.4 is 3.53 Å². The first-order chi connectivity index (χ1) is 5.29. The molecule has 11 heavy (non-hydrogen) atoms. The minimum atomic E-state index is -1.19. The van der Waals surface area contributed by atoms with Gasteiger partial charge in [0.05, 0.1) is 7.20 Å². The van der Waals surface area contributed by atoms with Gasteiger partial charge < -0.3 is 3.53 Å². The molecule has 58 valence electrons. The largest absolute Gasteiger partial charge is 0.337 e. The fraction of sp³-hybridized carbons (Fsp3) is 0. The summed E-state index contributed by atoms with van der Waals surface area (Å²) in [4.78, 5) is 0. The van der Waals surface area contributed by atoms with E-state index < -0.39 is 19.1 Å². The van der Waals surface area contributed by atoms with E-state index in [4.69, 9.17) is 0 Å². The highest BCUT2D eigenvalue weighted by molar-refractivity contribution is 14.3. The van der Waals surface area contributed by atoms with Gasteiger partial charge in [-0.15, -0.1) is 0 Å². The van der Waals surface area contributed by atoms with Crippen molar-refractivity contribution >= 4 is 53.5 Å². The van der Waals surface area contributed by atoms with E-state index in [1.165, 1.54) is 12.8 Å². The van der Waals surface area contributed by atoms with Gasteiger partial charge in [0.1, 0.15) is 0 Å². The number of halogens is 2. The van der Waals surface area contributed by atoms with Gasteiger partial charge in [0.25, 0.3) is 0 Å². The highest BCUT2D eigenvalue weighted by atomic mass is 127. The van der Waals surface area contributed by atoms with Crippen molar-refractivity contribution in [3.8, 4) is 0 Å². The van der Waals surface area contributed by atoms with E-state index in [9.17, 15) is 0 Å². The lowest BCUT2D eigenvalue weighted by molar-refractivity contribution is 1.68. The molecule has 0 radical (unpaired) electrons. The molecule has 0 fully saturated rings. The van der Waals surface area contributed by atoms with E-state index in [0.717, 1.165) is 0 Å². The number of anilines is 1. The van der Waals surface area contributed by atoms with E-state index in [1.54, 1.807) is 0 Å². The summed E-state index contributed by atoms with van der Waals surface area (Å²) < 4.78 is 9.04. The van der Waals surface area contributed by atoms with Gasteiger partial charge in [0.2, 0.25) is 0 Å². The lowest BCUT2D eigenvalue weighted by Crippen LogP contribution is -1.82. The fourth-order valence-corrected chi connectivity index (χ4v) is 4.75. The second kappa shape index (κ2) is 2.93. The van der Waals surface area contributed by atoms with Crippen LogP contribution in [0.15, 0.2) is 24.3 Å². The van der Waals surface area contributed by atoms with Crippen molar-refractivity contribution in [3.63, 3.8) is 0 Å². The molecule has 0 saturated heterocycles. The molecule has 0 bridgehead atoms. The maximum Gasteiger partial charge on any atom is 0.0649 e. The molecule has 3 heteroatoms. The van der Waals surface area contributed by atoms with Crippen molar-refractivity contribution in [1.29, 1.82) is 0 Å². The molecular weight excluding hydrogens is 364 g/mol. The van der Waals surface area contributed by atoms with Crippen molar-refractivity contribution in [2.45, 2.75) is 0 Å². The van der Waals surface area contributed by atoms with E-state index in [-0.39, 0.29) is 0 Å². The summed E-state index contributed by atoms with van der Waals surface area (Å²) in [5.74, 6) is 0. The van der Waals surface area contributed by atoms with Gasteiger partial charge in [-0.3, -0.25) is 0 Å². The fourth-order valence-electron chi connectivity index (χ4n) is 1.02. The maximum absolute atomic E-state index is 4.13. The molecule has 1 nitrogen and oxygen atoms in total. The molecule has 1 aliphatic heterocycles. The lowest BCUT2D eigenvalue weighted by atomic mass is 10.2. The molecule has 1 aromatic rings. The van der Waals surface area contributed by atoms with Gasteiger partial charge in [-0.25, -0.2) is 0 Å². The van der Waals surface area contributed by atoms with Crippen molar-refractivity contribution in [2.75, 3.05) is 3.53 Å². The van der Waals surface area contributed by atoms with Crippen molar-refractivity contribution in [1.82, 2.24) is 0 Å². The molecule has 0 spiro atoms. The molecule has 0 saturated carbocycles. The lowest BCUT2D eigenvalue weighted by Gasteiger charge is -1.96. The summed E-state index contributed by atoms with van der Waals surface area (Å²) in [5.41, 5.74) is 2.64. The number of hydrogen-bond donors (Lipinski definition) is 1. The third kappa shape index (κ3) is 1.28. The summed E-state index contributed by atoms with van der Waals surface area (Å²) in [6.07, 6.45) is 0. The highest BCUT2D eigenvalue weighted by Crippen LogP contribution is 2.34. The van der Waals surface area contributed by atoms with Crippen LogP contribution in [0, 0.1) is 0 Å². The van der Waals surface area contributed by atoms with Crippen LogP contribution in [0.5, 0.6) is 0 Å². The topological polar surface area (TPSA) is 12.0 Å². The first-order valence-electron chi connectivity index (χ1n) is 3.16. The normalized spacial score (nSPS) is 16.3. The predicted molar refractivity (Wildman–Crippen MR) is 69.3 cm³/mol. The first-order valence-corrected chi connectivity index (χ1v) is 7.92. The molecule has 0 aromatic heterocycles. The number of rotatable bonds is 0. The third-order valence-electron chi connectivity index (χ3n) is 1.55. The van der Waals surface area contributed by atoms with Crippen LogP contribution in [0.4, 0.5) is 5.69 Å². The van der Waals surface area contributed by atoms with Crippen molar-refractivity contribution < 1.29 is 0 Å². The smallest absolute Gasteiger partial charge is 0.0649 e. The highest BCUT2D eigenvalue weighted by Gasteiger charge is 2.11. The van der Waals surface area contributed by atoms with Gasteiger partial charge in [0, 0.05) is 5.56 Å². The Kier molecular flexibility index (Phi) is 2.09. The van der Waals surface area contributed by atoms with Crippen molar-refractivity contribution in [3.05, 3.63) is 29.8 Å². The number of fused-ring (bicyclic) bond motifs is 1. The molecule has 0 unspecified atom stereocenters. The Labute approximate surface area is 86.1 Å². The molecule has 0 atom stereocenters. The average molecular weight is 371 g/mol. The maximum atomic E-state index is 4.13. The van der Waals surface area contributed by atoms with E-state index in [2.05, 4.69) is 54.9 Å². The number of nitrogens with one attached hydrogen (secondary N) is 1. The summed E-state index contributed by atoms with van der Waals surface area (Å²) in [7, 11) is 0. The molecule has 1 N–H and O–H groups in total. The Bertz CT molecular complexity index is 375. The second-order valence-electron chi connectivity index (χ2n) is 2.26. The SMILES string of the molecule is C=I1=C(I)c2ccccc2N1. The molecule has 1 aromatic carbocycles. The zero-order chi connectivity index (χ0) is 7.84. The Morgan fingerprint density at radius 2 is 2.09 bits per heavy atom.